The normalized spacial score (nSPS) is 14.0. The van der Waals surface area contributed by atoms with Gasteiger partial charge in [-0.15, -0.1) is 13.2 Å². The Kier molecular flexibility index (Phi) is 8.19. The maximum absolute atomic E-state index is 4.92. The van der Waals surface area contributed by atoms with Crippen LogP contribution in [0, 0.1) is 5.92 Å². The highest BCUT2D eigenvalue weighted by Crippen LogP contribution is 2.37. The number of hydrogen-bond acceptors (Lipinski definition) is 3. The van der Waals surface area contributed by atoms with Crippen molar-refractivity contribution < 1.29 is 0 Å². The molecule has 8 aromatic rings. The second-order valence-corrected chi connectivity index (χ2v) is 12.6. The van der Waals surface area contributed by atoms with Crippen molar-refractivity contribution in [1.29, 1.82) is 0 Å². The summed E-state index contributed by atoms with van der Waals surface area (Å²) in [4.78, 5) is 14.1. The van der Waals surface area contributed by atoms with Crippen molar-refractivity contribution in [2.75, 3.05) is 0 Å². The van der Waals surface area contributed by atoms with E-state index in [2.05, 4.69) is 186 Å². The first-order chi connectivity index (χ1) is 24.7. The van der Waals surface area contributed by atoms with Crippen LogP contribution in [0.3, 0.4) is 0 Å². The van der Waals surface area contributed by atoms with Crippen molar-refractivity contribution in [2.45, 2.75) is 13.3 Å². The zero-order valence-corrected chi connectivity index (χ0v) is 28.0. The second kappa shape index (κ2) is 13.3. The molecule has 2 heterocycles. The third-order valence-corrected chi connectivity index (χ3v) is 9.46. The van der Waals surface area contributed by atoms with Crippen molar-refractivity contribution in [3.63, 3.8) is 0 Å². The van der Waals surface area contributed by atoms with E-state index in [1.165, 1.54) is 43.7 Å². The molecule has 2 aromatic heterocycles. The van der Waals surface area contributed by atoms with Gasteiger partial charge in [-0.25, -0.2) is 15.0 Å². The predicted molar refractivity (Wildman–Crippen MR) is 210 cm³/mol. The Hall–Kier alpha value is -6.39. The quantitative estimate of drug-likeness (QED) is 0.175. The maximum atomic E-state index is 4.92. The van der Waals surface area contributed by atoms with Gasteiger partial charge in [0.1, 0.15) is 6.33 Å². The summed E-state index contributed by atoms with van der Waals surface area (Å²) in [6.07, 6.45) is 9.57. The molecule has 0 fully saturated rings. The van der Waals surface area contributed by atoms with E-state index in [4.69, 9.17) is 4.98 Å². The molecule has 0 amide bonds. The van der Waals surface area contributed by atoms with Crippen LogP contribution in [0.25, 0.3) is 77.7 Å². The van der Waals surface area contributed by atoms with E-state index in [-0.39, 0.29) is 0 Å². The Morgan fingerprint density at radius 3 is 2.08 bits per heavy atom. The first kappa shape index (κ1) is 30.9. The van der Waals surface area contributed by atoms with Crippen LogP contribution in [-0.2, 0) is 0 Å². The monoisotopic (exact) mass is 644 g/mol. The fraction of sp³-hybridized carbons (Fsp3) is 0.0652. The van der Waals surface area contributed by atoms with Crippen LogP contribution >= 0.6 is 0 Å². The SMILES string of the molecule is C=C.CC1C=C(c2ccc(-c3cccc(-c4ncnc(-c5ccc(-n6c7ccccc7c7ccc8ccccc8c76)cc5)n4)c3)cc2)C=CC1. The van der Waals surface area contributed by atoms with Crippen molar-refractivity contribution in [3.8, 4) is 39.6 Å². The van der Waals surface area contributed by atoms with Gasteiger partial charge in [0.15, 0.2) is 11.6 Å². The Balaban J connectivity index is 0.00000177. The molecule has 1 atom stereocenters. The Morgan fingerprint density at radius 2 is 1.28 bits per heavy atom. The molecule has 240 valence electrons. The van der Waals surface area contributed by atoms with Gasteiger partial charge in [0.2, 0.25) is 0 Å². The summed E-state index contributed by atoms with van der Waals surface area (Å²) < 4.78 is 2.37. The van der Waals surface area contributed by atoms with E-state index >= 15 is 0 Å². The molecule has 4 nitrogen and oxygen atoms in total. The molecule has 50 heavy (non-hydrogen) atoms. The molecule has 1 aliphatic carbocycles. The standard InChI is InChI=1S/C44H32N4.C2H4/c1-29-8-6-10-34(26-29)30-16-18-31(19-17-30)35-11-7-12-36(27-35)44-46-28-45-43(47-44)33-20-23-37(24-21-33)48-41-15-5-4-14-39(41)40-25-22-32-9-2-3-13-38(32)42(40)48;1-2/h2-7,9-29H,8H2,1H3;1-2H2. The first-order valence-corrected chi connectivity index (χ1v) is 17.0. The lowest BCUT2D eigenvalue weighted by atomic mass is 9.92. The van der Waals surface area contributed by atoms with Gasteiger partial charge in [0.05, 0.1) is 11.0 Å². The minimum atomic E-state index is 0.574. The summed E-state index contributed by atoms with van der Waals surface area (Å²) in [6.45, 7) is 8.26. The van der Waals surface area contributed by atoms with Crippen LogP contribution in [0.1, 0.15) is 18.9 Å². The molecule has 9 rings (SSSR count). The predicted octanol–water partition coefficient (Wildman–Crippen LogP) is 11.9. The highest BCUT2D eigenvalue weighted by molar-refractivity contribution is 6.18. The number of fused-ring (bicyclic) bond motifs is 5. The van der Waals surface area contributed by atoms with Gasteiger partial charge in [-0.1, -0.05) is 122 Å². The van der Waals surface area contributed by atoms with Gasteiger partial charge in [-0.3, -0.25) is 0 Å². The smallest absolute Gasteiger partial charge is 0.163 e. The number of hydrogen-bond donors (Lipinski definition) is 0. The molecule has 4 heteroatoms. The number of benzene rings is 6. The van der Waals surface area contributed by atoms with Gasteiger partial charge in [-0.05, 0) is 76.4 Å². The van der Waals surface area contributed by atoms with Crippen molar-refractivity contribution in [3.05, 3.63) is 177 Å². The molecule has 0 radical (unpaired) electrons. The van der Waals surface area contributed by atoms with E-state index in [0.717, 1.165) is 34.4 Å². The van der Waals surface area contributed by atoms with Gasteiger partial charge in [-0.2, -0.15) is 0 Å². The molecule has 0 saturated carbocycles. The van der Waals surface area contributed by atoms with E-state index in [1.807, 2.05) is 0 Å². The Morgan fingerprint density at radius 1 is 0.600 bits per heavy atom. The van der Waals surface area contributed by atoms with Crippen molar-refractivity contribution >= 4 is 38.2 Å². The summed E-state index contributed by atoms with van der Waals surface area (Å²) in [5, 5.41) is 4.97. The van der Waals surface area contributed by atoms with Crippen LogP contribution in [0.4, 0.5) is 0 Å². The second-order valence-electron chi connectivity index (χ2n) is 12.6. The highest BCUT2D eigenvalue weighted by Gasteiger charge is 2.15. The van der Waals surface area contributed by atoms with Crippen molar-refractivity contribution in [1.82, 2.24) is 19.5 Å². The van der Waals surface area contributed by atoms with E-state index in [0.29, 0.717) is 17.6 Å². The summed E-state index contributed by atoms with van der Waals surface area (Å²) in [6, 6.07) is 47.5. The molecule has 0 N–H and O–H groups in total. The molecular weight excluding hydrogens is 609 g/mol. The summed E-state index contributed by atoms with van der Waals surface area (Å²) >= 11 is 0. The van der Waals surface area contributed by atoms with Crippen LogP contribution in [0.2, 0.25) is 0 Å². The van der Waals surface area contributed by atoms with Crippen LogP contribution < -0.4 is 0 Å². The topological polar surface area (TPSA) is 43.6 Å². The molecule has 1 aliphatic rings. The Bertz CT molecular complexity index is 2550. The molecule has 0 aliphatic heterocycles. The molecule has 0 bridgehead atoms. The zero-order chi connectivity index (χ0) is 34.0. The fourth-order valence-corrected chi connectivity index (χ4v) is 7.06. The summed E-state index contributed by atoms with van der Waals surface area (Å²) in [7, 11) is 0. The third kappa shape index (κ3) is 5.61. The molecular formula is C46H36N4. The number of nitrogens with zero attached hydrogens (tertiary/aromatic N) is 4. The third-order valence-electron chi connectivity index (χ3n) is 9.46. The van der Waals surface area contributed by atoms with Gasteiger partial charge < -0.3 is 4.57 Å². The average Bonchev–Trinajstić information content (AvgIpc) is 3.54. The lowest BCUT2D eigenvalue weighted by molar-refractivity contribution is 0.740. The van der Waals surface area contributed by atoms with E-state index in [1.54, 1.807) is 6.33 Å². The minimum absolute atomic E-state index is 0.574. The molecule has 0 saturated heterocycles. The van der Waals surface area contributed by atoms with Crippen LogP contribution in [0.5, 0.6) is 0 Å². The average molecular weight is 645 g/mol. The lowest BCUT2D eigenvalue weighted by Gasteiger charge is -2.13. The Labute approximate surface area is 292 Å². The number of rotatable bonds is 5. The molecule has 1 unspecified atom stereocenters. The number of para-hydroxylation sites is 1. The maximum Gasteiger partial charge on any atom is 0.163 e. The molecule has 0 spiro atoms. The molecule has 6 aromatic carbocycles. The van der Waals surface area contributed by atoms with Crippen molar-refractivity contribution in [2.24, 2.45) is 5.92 Å². The van der Waals surface area contributed by atoms with Crippen LogP contribution in [-0.4, -0.2) is 19.5 Å². The number of allylic oxidation sites excluding steroid dienone is 4. The summed E-state index contributed by atoms with van der Waals surface area (Å²) in [5.74, 6) is 1.88. The summed E-state index contributed by atoms with van der Waals surface area (Å²) in [5.41, 5.74) is 10.2. The number of aromatic nitrogens is 4. The minimum Gasteiger partial charge on any atom is -0.309 e. The first-order valence-electron chi connectivity index (χ1n) is 17.0. The highest BCUT2D eigenvalue weighted by atomic mass is 15.0. The van der Waals surface area contributed by atoms with Gasteiger partial charge in [0, 0.05) is 33.0 Å². The fourth-order valence-electron chi connectivity index (χ4n) is 7.06. The lowest BCUT2D eigenvalue weighted by Crippen LogP contribution is -1.97. The zero-order valence-electron chi connectivity index (χ0n) is 28.0. The largest absolute Gasteiger partial charge is 0.309 e. The van der Waals surface area contributed by atoms with E-state index in [9.17, 15) is 0 Å². The van der Waals surface area contributed by atoms with Gasteiger partial charge >= 0.3 is 0 Å². The van der Waals surface area contributed by atoms with Crippen LogP contribution in [0.15, 0.2) is 171 Å². The van der Waals surface area contributed by atoms with E-state index < -0.39 is 0 Å². The van der Waals surface area contributed by atoms with Gasteiger partial charge in [0.25, 0.3) is 0 Å².